The summed E-state index contributed by atoms with van der Waals surface area (Å²) in [5.41, 5.74) is 6.57. The molecule has 0 radical (unpaired) electrons. The smallest absolute Gasteiger partial charge is 0.322 e. The number of rotatable bonds is 7. The number of nitrogens with one attached hydrogen (secondary N) is 1. The predicted molar refractivity (Wildman–Crippen MR) is 160 cm³/mol. The number of hydrogen-bond acceptors (Lipinski definition) is 4. The van der Waals surface area contributed by atoms with Crippen LogP contribution in [0.2, 0.25) is 0 Å². The number of amides is 1. The number of aliphatic carboxylic acids is 1. The molecule has 1 amide bonds. The number of aromatic nitrogens is 1. The van der Waals surface area contributed by atoms with Crippen LogP contribution in [0.4, 0.5) is 4.39 Å². The van der Waals surface area contributed by atoms with E-state index >= 15 is 0 Å². The van der Waals surface area contributed by atoms with Crippen LogP contribution in [0.5, 0.6) is 0 Å². The Kier molecular flexibility index (Phi) is 12.4. The van der Waals surface area contributed by atoms with E-state index < -0.39 is 24.2 Å². The monoisotopic (exact) mass is 545 g/mol. The van der Waals surface area contributed by atoms with Gasteiger partial charge in [0.1, 0.15) is 12.4 Å². The summed E-state index contributed by atoms with van der Waals surface area (Å²) in [4.78, 5) is 28.3. The molecule has 1 aromatic heterocycles. The van der Waals surface area contributed by atoms with Crippen molar-refractivity contribution in [3.63, 3.8) is 0 Å². The Morgan fingerprint density at radius 1 is 0.975 bits per heavy atom. The molecule has 0 spiro atoms. The van der Waals surface area contributed by atoms with E-state index in [0.717, 1.165) is 18.5 Å². The maximum atomic E-state index is 13.4. The number of carboxylic acids is 1. The second kappa shape index (κ2) is 15.5. The summed E-state index contributed by atoms with van der Waals surface area (Å²) in [5, 5.41) is 13.1. The Morgan fingerprint density at radius 2 is 1.70 bits per heavy atom. The lowest BCUT2D eigenvalue weighted by Crippen LogP contribution is -2.30. The molecular formula is C33H40FN3O3. The normalized spacial score (nSPS) is 10.3. The highest BCUT2D eigenvalue weighted by molar-refractivity contribution is 5.97. The van der Waals surface area contributed by atoms with Crippen molar-refractivity contribution in [3.8, 4) is 0 Å². The Bertz CT molecular complexity index is 1450. The predicted octanol–water partition coefficient (Wildman–Crippen LogP) is 6.48. The minimum absolute atomic E-state index is 0.0961. The highest BCUT2D eigenvalue weighted by Crippen LogP contribution is 2.24. The Balaban J connectivity index is 0.000000277. The van der Waals surface area contributed by atoms with Gasteiger partial charge in [-0.3, -0.25) is 14.6 Å². The lowest BCUT2D eigenvalue weighted by Gasteiger charge is -2.14. The van der Waals surface area contributed by atoms with Gasteiger partial charge >= 0.3 is 5.97 Å². The topological polar surface area (TPSA) is 82.5 Å². The van der Waals surface area contributed by atoms with Gasteiger partial charge in [0.25, 0.3) is 5.91 Å². The van der Waals surface area contributed by atoms with Gasteiger partial charge in [-0.15, -0.1) is 0 Å². The number of carbonyl (C=O) groups is 2. The molecule has 1 heterocycles. The molecule has 0 atom stereocenters. The summed E-state index contributed by atoms with van der Waals surface area (Å²) < 4.78 is 13.4. The molecule has 0 fully saturated rings. The molecule has 4 aromatic rings. The van der Waals surface area contributed by atoms with Gasteiger partial charge in [0.15, 0.2) is 0 Å². The van der Waals surface area contributed by atoms with E-state index in [0.29, 0.717) is 5.56 Å². The first-order chi connectivity index (χ1) is 19.0. The van der Waals surface area contributed by atoms with E-state index in [2.05, 4.69) is 78.7 Å². The fraction of sp³-hybridized carbons (Fsp3) is 0.303. The van der Waals surface area contributed by atoms with Gasteiger partial charge in [-0.25, -0.2) is 4.39 Å². The van der Waals surface area contributed by atoms with Gasteiger partial charge in [0.2, 0.25) is 0 Å². The maximum absolute atomic E-state index is 13.4. The largest absolute Gasteiger partial charge is 0.480 e. The molecule has 3 aromatic carbocycles. The molecule has 40 heavy (non-hydrogen) atoms. The molecule has 0 saturated carbocycles. The highest BCUT2D eigenvalue weighted by atomic mass is 19.1. The fourth-order valence-corrected chi connectivity index (χ4v) is 4.29. The number of halogens is 1. The van der Waals surface area contributed by atoms with E-state index in [-0.39, 0.29) is 5.56 Å². The summed E-state index contributed by atoms with van der Waals surface area (Å²) in [6.07, 6.45) is 4.81. The standard InChI is InChI=1S/C20H22N2.C11H12FNO3.C2H6/c1-15-5-4-6-16(9-15)10-19-12-17(14-22(2)3)11-18-7-8-21-13-20(18)19;1-6-3-4-8(12)10(7(6)2)11(16)13-5-9(14)15;1-2/h4-9,11-13H,10,14H2,1-3H3;3-4H,5H2,1-2H3,(H,13,16)(H,14,15);1-2H3. The van der Waals surface area contributed by atoms with Crippen molar-refractivity contribution in [2.75, 3.05) is 20.6 Å². The Hall–Kier alpha value is -4.10. The molecule has 0 aliphatic carbocycles. The van der Waals surface area contributed by atoms with Crippen molar-refractivity contribution in [1.82, 2.24) is 15.2 Å². The van der Waals surface area contributed by atoms with E-state index in [1.807, 2.05) is 26.2 Å². The van der Waals surface area contributed by atoms with Crippen molar-refractivity contribution in [1.29, 1.82) is 0 Å². The molecule has 7 heteroatoms. The van der Waals surface area contributed by atoms with Crippen molar-refractivity contribution < 1.29 is 19.1 Å². The minimum atomic E-state index is -1.17. The quantitative estimate of drug-likeness (QED) is 0.278. The van der Waals surface area contributed by atoms with Crippen LogP contribution in [0.3, 0.4) is 0 Å². The van der Waals surface area contributed by atoms with E-state index in [1.165, 1.54) is 39.1 Å². The molecular weight excluding hydrogens is 505 g/mol. The molecule has 0 saturated heterocycles. The van der Waals surface area contributed by atoms with Crippen LogP contribution in [0.1, 0.15) is 57.6 Å². The van der Waals surface area contributed by atoms with Crippen molar-refractivity contribution in [3.05, 3.63) is 112 Å². The maximum Gasteiger partial charge on any atom is 0.322 e. The zero-order valence-corrected chi connectivity index (χ0v) is 24.5. The third kappa shape index (κ3) is 9.27. The number of fused-ring (bicyclic) bond motifs is 1. The summed E-state index contributed by atoms with van der Waals surface area (Å²) >= 11 is 0. The number of benzene rings is 3. The van der Waals surface area contributed by atoms with Crippen LogP contribution in [-0.2, 0) is 17.8 Å². The zero-order valence-electron chi connectivity index (χ0n) is 24.5. The SMILES string of the molecule is CC.Cc1ccc(F)c(C(=O)NCC(=O)O)c1C.Cc1cccc(Cc2cc(CN(C)C)cc3ccncc23)c1. The summed E-state index contributed by atoms with van der Waals surface area (Å²) in [5.74, 6) is -2.52. The molecule has 0 unspecified atom stereocenters. The second-order valence-corrected chi connectivity index (χ2v) is 9.70. The number of carboxylic acid groups (broad SMARTS) is 1. The van der Waals surface area contributed by atoms with Crippen LogP contribution < -0.4 is 5.32 Å². The highest BCUT2D eigenvalue weighted by Gasteiger charge is 2.16. The molecule has 0 aliphatic heterocycles. The molecule has 212 valence electrons. The average Bonchev–Trinajstić information content (AvgIpc) is 2.91. The van der Waals surface area contributed by atoms with Crippen LogP contribution in [0.15, 0.2) is 67.0 Å². The molecule has 0 bridgehead atoms. The number of aryl methyl sites for hydroxylation is 2. The van der Waals surface area contributed by atoms with Crippen LogP contribution in [-0.4, -0.2) is 47.5 Å². The average molecular weight is 546 g/mol. The molecule has 6 nitrogen and oxygen atoms in total. The van der Waals surface area contributed by atoms with Crippen molar-refractivity contribution in [2.45, 2.75) is 47.6 Å². The summed E-state index contributed by atoms with van der Waals surface area (Å²) in [7, 11) is 4.22. The number of pyridine rings is 1. The fourth-order valence-electron chi connectivity index (χ4n) is 4.29. The number of carbonyl (C=O) groups excluding carboxylic acids is 1. The first kappa shape index (κ1) is 32.1. The van der Waals surface area contributed by atoms with E-state index in [1.54, 1.807) is 19.9 Å². The summed E-state index contributed by atoms with van der Waals surface area (Å²) in [6, 6.07) is 18.2. The van der Waals surface area contributed by atoms with Gasteiger partial charge in [-0.2, -0.15) is 0 Å². The third-order valence-electron chi connectivity index (χ3n) is 6.19. The van der Waals surface area contributed by atoms with E-state index in [9.17, 15) is 14.0 Å². The zero-order chi connectivity index (χ0) is 29.8. The van der Waals surface area contributed by atoms with Gasteiger partial charge in [0.05, 0.1) is 5.56 Å². The van der Waals surface area contributed by atoms with Gasteiger partial charge < -0.3 is 15.3 Å². The van der Waals surface area contributed by atoms with Crippen LogP contribution >= 0.6 is 0 Å². The van der Waals surface area contributed by atoms with Gasteiger partial charge in [-0.1, -0.05) is 55.8 Å². The number of hydrogen-bond donors (Lipinski definition) is 2. The third-order valence-corrected chi connectivity index (χ3v) is 6.19. The van der Waals surface area contributed by atoms with Crippen LogP contribution in [0, 0.1) is 26.6 Å². The van der Waals surface area contributed by atoms with Crippen molar-refractivity contribution >= 4 is 22.6 Å². The molecule has 2 N–H and O–H groups in total. The van der Waals surface area contributed by atoms with E-state index in [4.69, 9.17) is 5.11 Å². The summed E-state index contributed by atoms with van der Waals surface area (Å²) in [6.45, 7) is 9.95. The Labute approximate surface area is 236 Å². The second-order valence-electron chi connectivity index (χ2n) is 9.70. The first-order valence-corrected chi connectivity index (χ1v) is 13.4. The van der Waals surface area contributed by atoms with Crippen molar-refractivity contribution in [2.24, 2.45) is 0 Å². The first-order valence-electron chi connectivity index (χ1n) is 13.4. The van der Waals surface area contributed by atoms with Crippen LogP contribution in [0.25, 0.3) is 10.8 Å². The minimum Gasteiger partial charge on any atom is -0.480 e. The lowest BCUT2D eigenvalue weighted by atomic mass is 9.96. The molecule has 4 rings (SSSR count). The van der Waals surface area contributed by atoms with Gasteiger partial charge in [0, 0.05) is 24.3 Å². The molecule has 0 aliphatic rings. The van der Waals surface area contributed by atoms with Gasteiger partial charge in [-0.05, 0) is 92.7 Å². The number of nitrogens with zero attached hydrogens (tertiary/aromatic N) is 2. The Morgan fingerprint density at radius 3 is 2.35 bits per heavy atom. The lowest BCUT2D eigenvalue weighted by molar-refractivity contribution is -0.135.